The van der Waals surface area contributed by atoms with E-state index in [1.165, 1.54) is 37.1 Å². The van der Waals surface area contributed by atoms with Crippen LogP contribution in [0, 0.1) is 6.92 Å². The molecule has 0 saturated carbocycles. The molecule has 0 spiro atoms. The van der Waals surface area contributed by atoms with Crippen molar-refractivity contribution < 1.29 is 23.0 Å². The molecule has 0 radical (unpaired) electrons. The van der Waals surface area contributed by atoms with Crippen LogP contribution in [-0.2, 0) is 4.79 Å². The van der Waals surface area contributed by atoms with Crippen LogP contribution in [0.2, 0.25) is 0 Å². The summed E-state index contributed by atoms with van der Waals surface area (Å²) in [6.45, 7) is -1.01. The van der Waals surface area contributed by atoms with Crippen LogP contribution in [0.5, 0.6) is 11.5 Å². The van der Waals surface area contributed by atoms with Crippen molar-refractivity contribution in [3.05, 3.63) is 54.4 Å². The maximum absolute atomic E-state index is 12.5. The summed E-state index contributed by atoms with van der Waals surface area (Å²) < 4.78 is 36.2. The van der Waals surface area contributed by atoms with Crippen LogP contribution in [-0.4, -0.2) is 40.1 Å². The maximum atomic E-state index is 12.5. The molecular formula is C19H18F2N4O3S. The van der Waals surface area contributed by atoms with E-state index < -0.39 is 6.61 Å². The highest BCUT2D eigenvalue weighted by Gasteiger charge is 2.14. The molecule has 29 heavy (non-hydrogen) atoms. The lowest BCUT2D eigenvalue weighted by atomic mass is 10.2. The third-order valence-corrected chi connectivity index (χ3v) is 4.77. The number of aryl methyl sites for hydroxylation is 1. The molecule has 1 N–H and O–H groups in total. The van der Waals surface area contributed by atoms with Gasteiger partial charge in [0.1, 0.15) is 6.33 Å². The lowest BCUT2D eigenvalue weighted by Crippen LogP contribution is -2.15. The summed E-state index contributed by atoms with van der Waals surface area (Å²) in [6, 6.07) is 12.1. The molecule has 0 bridgehead atoms. The summed E-state index contributed by atoms with van der Waals surface area (Å²) in [4.78, 5) is 12.3. The van der Waals surface area contributed by atoms with E-state index in [1.54, 1.807) is 10.9 Å². The molecule has 3 rings (SSSR count). The second-order valence-electron chi connectivity index (χ2n) is 5.90. The standard InChI is InChI=1S/C19H18F2N4O3S/c1-12-3-6-14(7-4-12)25-11-22-24-19(25)29-10-17(26)23-13-5-8-15(27-2)16(9-13)28-18(20)21/h3-9,11,18H,10H2,1-2H3,(H,23,26). The van der Waals surface area contributed by atoms with Crippen LogP contribution in [0.15, 0.2) is 53.9 Å². The monoisotopic (exact) mass is 420 g/mol. The van der Waals surface area contributed by atoms with E-state index in [-0.39, 0.29) is 23.2 Å². The van der Waals surface area contributed by atoms with Crippen molar-refractivity contribution in [3.63, 3.8) is 0 Å². The van der Waals surface area contributed by atoms with Crippen molar-refractivity contribution in [2.75, 3.05) is 18.2 Å². The van der Waals surface area contributed by atoms with E-state index in [9.17, 15) is 13.6 Å². The van der Waals surface area contributed by atoms with Gasteiger partial charge < -0.3 is 14.8 Å². The number of nitrogens with one attached hydrogen (secondary N) is 1. The van der Waals surface area contributed by atoms with Crippen LogP contribution in [0.1, 0.15) is 5.56 Å². The number of anilines is 1. The number of hydrogen-bond donors (Lipinski definition) is 1. The number of halogens is 2. The number of thioether (sulfide) groups is 1. The molecule has 7 nitrogen and oxygen atoms in total. The first kappa shape index (κ1) is 20.6. The molecule has 0 atom stereocenters. The highest BCUT2D eigenvalue weighted by molar-refractivity contribution is 7.99. The minimum absolute atomic E-state index is 0.0572. The zero-order chi connectivity index (χ0) is 20.8. The second-order valence-corrected chi connectivity index (χ2v) is 6.84. The summed E-state index contributed by atoms with van der Waals surface area (Å²) in [6.07, 6.45) is 1.57. The number of rotatable bonds is 8. The van der Waals surface area contributed by atoms with Gasteiger partial charge in [0.25, 0.3) is 0 Å². The molecule has 0 aliphatic carbocycles. The quantitative estimate of drug-likeness (QED) is 0.557. The summed E-state index contributed by atoms with van der Waals surface area (Å²) in [5, 5.41) is 11.1. The smallest absolute Gasteiger partial charge is 0.387 e. The first-order valence-electron chi connectivity index (χ1n) is 8.49. The van der Waals surface area contributed by atoms with Gasteiger partial charge in [0.15, 0.2) is 16.7 Å². The van der Waals surface area contributed by atoms with Crippen LogP contribution in [0.4, 0.5) is 14.5 Å². The minimum Gasteiger partial charge on any atom is -0.493 e. The van der Waals surface area contributed by atoms with Crippen molar-refractivity contribution in [2.45, 2.75) is 18.7 Å². The Bertz CT molecular complexity index is 980. The molecule has 0 unspecified atom stereocenters. The third-order valence-electron chi connectivity index (χ3n) is 3.82. The second kappa shape index (κ2) is 9.37. The normalized spacial score (nSPS) is 10.8. The lowest BCUT2D eigenvalue weighted by Gasteiger charge is -2.12. The van der Waals surface area contributed by atoms with Gasteiger partial charge in [0.05, 0.1) is 12.9 Å². The Balaban J connectivity index is 1.64. The van der Waals surface area contributed by atoms with Crippen molar-refractivity contribution in [3.8, 4) is 17.2 Å². The Morgan fingerprint density at radius 3 is 2.66 bits per heavy atom. The molecule has 152 valence electrons. The van der Waals surface area contributed by atoms with Gasteiger partial charge in [0, 0.05) is 17.4 Å². The van der Waals surface area contributed by atoms with Crippen LogP contribution >= 0.6 is 11.8 Å². The van der Waals surface area contributed by atoms with Crippen LogP contribution in [0.3, 0.4) is 0 Å². The predicted molar refractivity (Wildman–Crippen MR) is 105 cm³/mol. The molecular weight excluding hydrogens is 402 g/mol. The van der Waals surface area contributed by atoms with Gasteiger partial charge in [0.2, 0.25) is 5.91 Å². The van der Waals surface area contributed by atoms with E-state index in [0.29, 0.717) is 10.8 Å². The van der Waals surface area contributed by atoms with Gasteiger partial charge in [-0.1, -0.05) is 29.5 Å². The topological polar surface area (TPSA) is 78.3 Å². The Morgan fingerprint density at radius 2 is 1.97 bits per heavy atom. The van der Waals surface area contributed by atoms with E-state index in [4.69, 9.17) is 4.74 Å². The molecule has 0 saturated heterocycles. The van der Waals surface area contributed by atoms with Gasteiger partial charge >= 0.3 is 6.61 Å². The molecule has 0 fully saturated rings. The Kier molecular flexibility index (Phi) is 6.65. The van der Waals surface area contributed by atoms with E-state index >= 15 is 0 Å². The summed E-state index contributed by atoms with van der Waals surface area (Å²) in [5.41, 5.74) is 2.32. The van der Waals surface area contributed by atoms with Crippen LogP contribution in [0.25, 0.3) is 5.69 Å². The summed E-state index contributed by atoms with van der Waals surface area (Å²) in [5.74, 6) is -0.292. The van der Waals surface area contributed by atoms with Gasteiger partial charge in [-0.15, -0.1) is 10.2 Å². The van der Waals surface area contributed by atoms with Crippen molar-refractivity contribution in [1.29, 1.82) is 0 Å². The zero-order valence-electron chi connectivity index (χ0n) is 15.6. The minimum atomic E-state index is -3.00. The highest BCUT2D eigenvalue weighted by Crippen LogP contribution is 2.31. The van der Waals surface area contributed by atoms with E-state index in [1.807, 2.05) is 31.2 Å². The van der Waals surface area contributed by atoms with Gasteiger partial charge in [-0.05, 0) is 31.2 Å². The summed E-state index contributed by atoms with van der Waals surface area (Å²) in [7, 11) is 1.34. The molecule has 1 amide bonds. The fraction of sp³-hybridized carbons (Fsp3) is 0.211. The zero-order valence-corrected chi connectivity index (χ0v) is 16.5. The lowest BCUT2D eigenvalue weighted by molar-refractivity contribution is -0.113. The van der Waals surface area contributed by atoms with E-state index in [0.717, 1.165) is 11.3 Å². The third kappa shape index (κ3) is 5.44. The molecule has 10 heteroatoms. The number of hydrogen-bond acceptors (Lipinski definition) is 6. The number of aromatic nitrogens is 3. The van der Waals surface area contributed by atoms with Gasteiger partial charge in [-0.3, -0.25) is 9.36 Å². The molecule has 1 aromatic heterocycles. The fourth-order valence-corrected chi connectivity index (χ4v) is 3.20. The number of methoxy groups -OCH3 is 1. The average molecular weight is 420 g/mol. The Morgan fingerprint density at radius 1 is 1.21 bits per heavy atom. The van der Waals surface area contributed by atoms with Crippen molar-refractivity contribution in [1.82, 2.24) is 14.8 Å². The number of carbonyl (C=O) groups is 1. The van der Waals surface area contributed by atoms with Gasteiger partial charge in [-0.25, -0.2) is 0 Å². The highest BCUT2D eigenvalue weighted by atomic mass is 32.2. The fourth-order valence-electron chi connectivity index (χ4n) is 2.48. The number of carbonyl (C=O) groups excluding carboxylic acids is 1. The number of nitrogens with zero attached hydrogens (tertiary/aromatic N) is 3. The Hall–Kier alpha value is -3.14. The molecule has 0 aliphatic rings. The number of alkyl halides is 2. The van der Waals surface area contributed by atoms with Crippen LogP contribution < -0.4 is 14.8 Å². The summed E-state index contributed by atoms with van der Waals surface area (Å²) >= 11 is 1.20. The molecule has 2 aromatic carbocycles. The molecule has 1 heterocycles. The molecule has 3 aromatic rings. The van der Waals surface area contributed by atoms with E-state index in [2.05, 4.69) is 20.3 Å². The average Bonchev–Trinajstić information content (AvgIpc) is 3.15. The molecule has 0 aliphatic heterocycles. The number of amides is 1. The number of benzene rings is 2. The van der Waals surface area contributed by atoms with Gasteiger partial charge in [-0.2, -0.15) is 8.78 Å². The van der Waals surface area contributed by atoms with Crippen molar-refractivity contribution >= 4 is 23.4 Å². The maximum Gasteiger partial charge on any atom is 0.387 e. The predicted octanol–water partition coefficient (Wildman–Crippen LogP) is 3.92. The Labute approximate surface area is 170 Å². The first-order valence-corrected chi connectivity index (χ1v) is 9.47. The largest absolute Gasteiger partial charge is 0.493 e. The SMILES string of the molecule is COc1ccc(NC(=O)CSc2nncn2-c2ccc(C)cc2)cc1OC(F)F. The first-order chi connectivity index (χ1) is 14.0. The van der Waals surface area contributed by atoms with Crippen molar-refractivity contribution in [2.24, 2.45) is 0 Å². The number of ether oxygens (including phenoxy) is 2.